The molecule has 0 aliphatic carbocycles. The third kappa shape index (κ3) is 3.10. The van der Waals surface area contributed by atoms with E-state index < -0.39 is 4.92 Å². The number of hydrogen-bond donors (Lipinski definition) is 0. The number of piperidine rings is 1. The van der Waals surface area contributed by atoms with Crippen LogP contribution in [0.25, 0.3) is 11.3 Å². The first-order valence-corrected chi connectivity index (χ1v) is 9.83. The van der Waals surface area contributed by atoms with Crippen LogP contribution in [0.4, 0.5) is 5.69 Å². The molecular formula is C22H19N3O5. The molecule has 8 nitrogen and oxygen atoms in total. The van der Waals surface area contributed by atoms with E-state index in [1.807, 2.05) is 10.6 Å². The van der Waals surface area contributed by atoms with Crippen molar-refractivity contribution in [2.24, 2.45) is 5.92 Å². The van der Waals surface area contributed by atoms with Gasteiger partial charge in [-0.25, -0.2) is 0 Å². The number of carbonyl (C=O) groups excluding carboxylic acids is 1. The van der Waals surface area contributed by atoms with Gasteiger partial charge in [-0.05, 0) is 30.5 Å². The van der Waals surface area contributed by atoms with Crippen molar-refractivity contribution in [3.05, 3.63) is 86.5 Å². The SMILES string of the molecule is O=C(c1ccc(-c2cccc([N+](=O)[O-])c2)o1)N1CC2CC(C1)c1cccc(=O)n1C2. The van der Waals surface area contributed by atoms with Crippen molar-refractivity contribution < 1.29 is 14.1 Å². The van der Waals surface area contributed by atoms with E-state index in [9.17, 15) is 19.7 Å². The number of hydrogen-bond acceptors (Lipinski definition) is 5. The number of nitro benzene ring substituents is 1. The van der Waals surface area contributed by atoms with Crippen LogP contribution in [0.1, 0.15) is 28.6 Å². The average molecular weight is 405 g/mol. The minimum Gasteiger partial charge on any atom is -0.451 e. The van der Waals surface area contributed by atoms with Gasteiger partial charge in [-0.1, -0.05) is 18.2 Å². The number of likely N-dealkylation sites (tertiary alicyclic amines) is 1. The van der Waals surface area contributed by atoms with Crippen molar-refractivity contribution in [2.75, 3.05) is 13.1 Å². The van der Waals surface area contributed by atoms with E-state index in [1.54, 1.807) is 41.3 Å². The molecule has 1 fully saturated rings. The lowest BCUT2D eigenvalue weighted by Crippen LogP contribution is -2.49. The van der Waals surface area contributed by atoms with Gasteiger partial charge in [0.1, 0.15) is 5.76 Å². The van der Waals surface area contributed by atoms with Gasteiger partial charge in [-0.2, -0.15) is 0 Å². The first-order valence-electron chi connectivity index (χ1n) is 9.83. The van der Waals surface area contributed by atoms with Crippen LogP contribution in [0.2, 0.25) is 0 Å². The summed E-state index contributed by atoms with van der Waals surface area (Å²) in [4.78, 5) is 37.6. The Kier molecular flexibility index (Phi) is 4.27. The molecule has 1 saturated heterocycles. The van der Waals surface area contributed by atoms with Gasteiger partial charge in [-0.3, -0.25) is 19.7 Å². The molecule has 0 spiro atoms. The molecule has 1 aromatic carbocycles. The van der Waals surface area contributed by atoms with E-state index in [-0.39, 0.29) is 34.7 Å². The highest BCUT2D eigenvalue weighted by molar-refractivity contribution is 5.92. The van der Waals surface area contributed by atoms with Gasteiger partial charge >= 0.3 is 0 Å². The Hall–Kier alpha value is -3.68. The topological polar surface area (TPSA) is 98.6 Å². The van der Waals surface area contributed by atoms with Crippen LogP contribution in [0.15, 0.2) is 63.8 Å². The summed E-state index contributed by atoms with van der Waals surface area (Å²) in [6, 6.07) is 14.7. The Labute approximate surface area is 171 Å². The molecule has 0 saturated carbocycles. The summed E-state index contributed by atoms with van der Waals surface area (Å²) in [6.07, 6.45) is 0.963. The van der Waals surface area contributed by atoms with Gasteiger partial charge in [-0.15, -0.1) is 0 Å². The van der Waals surface area contributed by atoms with Crippen LogP contribution in [-0.4, -0.2) is 33.4 Å². The van der Waals surface area contributed by atoms with E-state index in [4.69, 9.17) is 4.42 Å². The Morgan fingerprint density at radius 2 is 1.90 bits per heavy atom. The summed E-state index contributed by atoms with van der Waals surface area (Å²) >= 11 is 0. The van der Waals surface area contributed by atoms with Crippen molar-refractivity contribution in [2.45, 2.75) is 18.9 Å². The van der Waals surface area contributed by atoms with Gasteiger partial charge in [0.15, 0.2) is 5.76 Å². The summed E-state index contributed by atoms with van der Waals surface area (Å²) in [5, 5.41) is 11.0. The van der Waals surface area contributed by atoms with Crippen molar-refractivity contribution in [1.82, 2.24) is 9.47 Å². The summed E-state index contributed by atoms with van der Waals surface area (Å²) in [5.41, 5.74) is 1.50. The smallest absolute Gasteiger partial charge is 0.289 e. The van der Waals surface area contributed by atoms with Gasteiger partial charge < -0.3 is 13.9 Å². The molecule has 2 bridgehead atoms. The highest BCUT2D eigenvalue weighted by atomic mass is 16.6. The minimum atomic E-state index is -0.464. The molecule has 1 amide bonds. The predicted octanol–water partition coefficient (Wildman–Crippen LogP) is 3.28. The first-order chi connectivity index (χ1) is 14.5. The average Bonchev–Trinajstić information content (AvgIpc) is 3.24. The van der Waals surface area contributed by atoms with Crippen LogP contribution >= 0.6 is 0 Å². The second-order valence-electron chi connectivity index (χ2n) is 7.88. The molecule has 2 unspecified atom stereocenters. The second-order valence-corrected chi connectivity index (χ2v) is 7.88. The molecule has 8 heteroatoms. The van der Waals surface area contributed by atoms with E-state index in [2.05, 4.69) is 0 Å². The summed E-state index contributed by atoms with van der Waals surface area (Å²) in [7, 11) is 0. The third-order valence-electron chi connectivity index (χ3n) is 5.93. The molecular weight excluding hydrogens is 386 g/mol. The van der Waals surface area contributed by atoms with E-state index in [1.165, 1.54) is 12.1 Å². The fraction of sp³-hybridized carbons (Fsp3) is 0.273. The Morgan fingerprint density at radius 1 is 1.07 bits per heavy atom. The van der Waals surface area contributed by atoms with Gasteiger partial charge in [0, 0.05) is 55.0 Å². The van der Waals surface area contributed by atoms with E-state index in [0.29, 0.717) is 31.0 Å². The van der Waals surface area contributed by atoms with Crippen molar-refractivity contribution in [3.8, 4) is 11.3 Å². The van der Waals surface area contributed by atoms with Crippen molar-refractivity contribution >= 4 is 11.6 Å². The maximum Gasteiger partial charge on any atom is 0.289 e. The number of non-ortho nitro benzene ring substituents is 1. The normalized spacial score (nSPS) is 19.9. The first kappa shape index (κ1) is 18.4. The lowest BCUT2D eigenvalue weighted by Gasteiger charge is -2.42. The van der Waals surface area contributed by atoms with Crippen LogP contribution < -0.4 is 5.56 Å². The number of amides is 1. The number of nitrogens with zero attached hydrogens (tertiary/aromatic N) is 3. The lowest BCUT2D eigenvalue weighted by molar-refractivity contribution is -0.384. The zero-order valence-electron chi connectivity index (χ0n) is 16.1. The number of furan rings is 1. The monoisotopic (exact) mass is 405 g/mol. The Bertz CT molecular complexity index is 1210. The summed E-state index contributed by atoms with van der Waals surface area (Å²) < 4.78 is 7.59. The van der Waals surface area contributed by atoms with E-state index >= 15 is 0 Å². The number of carbonyl (C=O) groups is 1. The zero-order chi connectivity index (χ0) is 20.8. The van der Waals surface area contributed by atoms with Gasteiger partial charge in [0.2, 0.25) is 0 Å². The number of rotatable bonds is 3. The largest absolute Gasteiger partial charge is 0.451 e. The van der Waals surface area contributed by atoms with Crippen molar-refractivity contribution in [3.63, 3.8) is 0 Å². The molecule has 152 valence electrons. The number of nitro groups is 1. The van der Waals surface area contributed by atoms with Gasteiger partial charge in [0.25, 0.3) is 17.2 Å². The molecule has 2 aliphatic rings. The highest BCUT2D eigenvalue weighted by Gasteiger charge is 2.37. The highest BCUT2D eigenvalue weighted by Crippen LogP contribution is 2.36. The van der Waals surface area contributed by atoms with Crippen LogP contribution in [-0.2, 0) is 6.54 Å². The molecule has 3 aromatic rings. The maximum atomic E-state index is 13.1. The van der Waals surface area contributed by atoms with E-state index in [0.717, 1.165) is 12.1 Å². The van der Waals surface area contributed by atoms with Crippen molar-refractivity contribution in [1.29, 1.82) is 0 Å². The molecule has 2 atom stereocenters. The summed E-state index contributed by atoms with van der Waals surface area (Å²) in [6.45, 7) is 1.72. The number of fused-ring (bicyclic) bond motifs is 4. The number of pyridine rings is 1. The summed E-state index contributed by atoms with van der Waals surface area (Å²) in [5.74, 6) is 0.777. The van der Waals surface area contributed by atoms with Crippen LogP contribution in [0.3, 0.4) is 0 Å². The van der Waals surface area contributed by atoms with Gasteiger partial charge in [0.05, 0.1) is 4.92 Å². The molecule has 0 radical (unpaired) electrons. The molecule has 0 N–H and O–H groups in total. The number of aromatic nitrogens is 1. The van der Waals surface area contributed by atoms with Crippen LogP contribution in [0, 0.1) is 16.0 Å². The quantitative estimate of drug-likeness (QED) is 0.492. The predicted molar refractivity (Wildman–Crippen MR) is 108 cm³/mol. The Morgan fingerprint density at radius 3 is 2.73 bits per heavy atom. The minimum absolute atomic E-state index is 0.00890. The Balaban J connectivity index is 1.38. The molecule has 2 aliphatic heterocycles. The fourth-order valence-corrected chi connectivity index (χ4v) is 4.60. The van der Waals surface area contributed by atoms with Crippen LogP contribution in [0.5, 0.6) is 0 Å². The standard InChI is InChI=1S/C22H19N3O5/c26-21-6-2-5-18-16-9-14(12-24(18)21)11-23(13-16)22(27)20-8-7-19(30-20)15-3-1-4-17(10-15)25(28)29/h1-8,10,14,16H,9,11-13H2. The lowest BCUT2D eigenvalue weighted by atomic mass is 9.83. The molecule has 4 heterocycles. The number of benzene rings is 1. The molecule has 2 aromatic heterocycles. The molecule has 5 rings (SSSR count). The molecule has 30 heavy (non-hydrogen) atoms. The zero-order valence-corrected chi connectivity index (χ0v) is 16.1. The third-order valence-corrected chi connectivity index (χ3v) is 5.93. The maximum absolute atomic E-state index is 13.1. The fourth-order valence-electron chi connectivity index (χ4n) is 4.60. The second kappa shape index (κ2) is 6.98.